The molecule has 0 bridgehead atoms. The molecule has 106 valence electrons. The molecular formula is C14H17N3O2S. The molecule has 1 heterocycles. The molecule has 0 aliphatic heterocycles. The molecule has 0 aliphatic rings. The number of anilines is 2. The van der Waals surface area contributed by atoms with Gasteiger partial charge in [-0.25, -0.2) is 0 Å². The summed E-state index contributed by atoms with van der Waals surface area (Å²) >= 11 is 1.59. The van der Waals surface area contributed by atoms with Crippen molar-refractivity contribution in [2.75, 3.05) is 17.7 Å². The zero-order valence-corrected chi connectivity index (χ0v) is 12.5. The minimum Gasteiger partial charge on any atom is -0.495 e. The molecule has 2 rings (SSSR count). The minimum absolute atomic E-state index is 0.100. The molecule has 1 aromatic heterocycles. The van der Waals surface area contributed by atoms with E-state index in [2.05, 4.69) is 22.5 Å². The number of methoxy groups -OCH3 is 1. The number of hydrogen-bond acceptors (Lipinski definition) is 5. The monoisotopic (exact) mass is 291 g/mol. The Morgan fingerprint density at radius 2 is 2.25 bits per heavy atom. The van der Waals surface area contributed by atoms with Gasteiger partial charge in [0, 0.05) is 23.7 Å². The van der Waals surface area contributed by atoms with Crippen LogP contribution in [0.5, 0.6) is 5.75 Å². The maximum atomic E-state index is 11.1. The topological polar surface area (TPSA) is 63.2 Å². The first kappa shape index (κ1) is 14.3. The summed E-state index contributed by atoms with van der Waals surface area (Å²) in [6.07, 6.45) is 1.84. The van der Waals surface area contributed by atoms with E-state index in [0.29, 0.717) is 0 Å². The van der Waals surface area contributed by atoms with Crippen LogP contribution in [-0.4, -0.2) is 18.0 Å². The Labute approximate surface area is 122 Å². The second-order valence-electron chi connectivity index (χ2n) is 4.37. The Hall–Kier alpha value is -2.08. The number of hydrogen-bond donors (Lipinski definition) is 2. The van der Waals surface area contributed by atoms with Gasteiger partial charge < -0.3 is 15.4 Å². The van der Waals surface area contributed by atoms with E-state index in [1.807, 2.05) is 24.4 Å². The summed E-state index contributed by atoms with van der Waals surface area (Å²) < 4.78 is 5.34. The maximum absolute atomic E-state index is 11.1. The van der Waals surface area contributed by atoms with Gasteiger partial charge in [0.15, 0.2) is 0 Å². The fourth-order valence-corrected chi connectivity index (χ4v) is 2.47. The van der Waals surface area contributed by atoms with Gasteiger partial charge in [-0.3, -0.25) is 9.78 Å². The van der Waals surface area contributed by atoms with Crippen molar-refractivity contribution in [2.45, 2.75) is 19.9 Å². The lowest BCUT2D eigenvalue weighted by Gasteiger charge is -2.17. The molecule has 1 atom stereocenters. The van der Waals surface area contributed by atoms with Gasteiger partial charge in [-0.05, 0) is 25.1 Å². The van der Waals surface area contributed by atoms with Crippen LogP contribution in [0.4, 0.5) is 11.4 Å². The van der Waals surface area contributed by atoms with E-state index in [-0.39, 0.29) is 11.9 Å². The van der Waals surface area contributed by atoms with Crippen molar-refractivity contribution in [3.05, 3.63) is 34.8 Å². The zero-order chi connectivity index (χ0) is 14.5. The highest BCUT2D eigenvalue weighted by Gasteiger charge is 2.11. The third-order valence-electron chi connectivity index (χ3n) is 2.77. The second-order valence-corrected chi connectivity index (χ2v) is 5.28. The molecule has 5 nitrogen and oxygen atoms in total. The Morgan fingerprint density at radius 1 is 1.45 bits per heavy atom. The van der Waals surface area contributed by atoms with Crippen molar-refractivity contribution in [1.82, 2.24) is 4.98 Å². The summed E-state index contributed by atoms with van der Waals surface area (Å²) in [7, 11) is 1.62. The molecule has 0 saturated heterocycles. The third-order valence-corrected chi connectivity index (χ3v) is 3.73. The van der Waals surface area contributed by atoms with Crippen molar-refractivity contribution in [3.63, 3.8) is 0 Å². The lowest BCUT2D eigenvalue weighted by atomic mass is 10.2. The number of carbonyl (C=O) groups is 1. The highest BCUT2D eigenvalue weighted by Crippen LogP contribution is 2.31. The highest BCUT2D eigenvalue weighted by molar-refractivity contribution is 7.09. The van der Waals surface area contributed by atoms with Crippen LogP contribution in [0.1, 0.15) is 24.8 Å². The van der Waals surface area contributed by atoms with Gasteiger partial charge in [-0.15, -0.1) is 11.3 Å². The van der Waals surface area contributed by atoms with Gasteiger partial charge in [0.25, 0.3) is 0 Å². The second kappa shape index (κ2) is 6.38. The average Bonchev–Trinajstić information content (AvgIpc) is 2.92. The zero-order valence-electron chi connectivity index (χ0n) is 11.6. The van der Waals surface area contributed by atoms with E-state index in [9.17, 15) is 4.79 Å². The van der Waals surface area contributed by atoms with Gasteiger partial charge in [0.2, 0.25) is 5.91 Å². The fourth-order valence-electron chi connectivity index (χ4n) is 1.85. The number of ether oxygens (including phenoxy) is 1. The SMILES string of the molecule is COc1ccc(NC(C)=O)cc1NC(C)c1cncs1. The number of rotatable bonds is 5. The Kier molecular flexibility index (Phi) is 4.57. The molecule has 1 aromatic carbocycles. The number of nitrogens with zero attached hydrogens (tertiary/aromatic N) is 1. The molecule has 0 saturated carbocycles. The van der Waals surface area contributed by atoms with Crippen LogP contribution in [0.25, 0.3) is 0 Å². The number of thiazole rings is 1. The number of carbonyl (C=O) groups excluding carboxylic acids is 1. The highest BCUT2D eigenvalue weighted by atomic mass is 32.1. The van der Waals surface area contributed by atoms with Gasteiger partial charge in [-0.2, -0.15) is 0 Å². The van der Waals surface area contributed by atoms with Crippen molar-refractivity contribution >= 4 is 28.6 Å². The largest absolute Gasteiger partial charge is 0.495 e. The van der Waals surface area contributed by atoms with Crippen LogP contribution >= 0.6 is 11.3 Å². The first-order chi connectivity index (χ1) is 9.60. The van der Waals surface area contributed by atoms with Crippen LogP contribution in [-0.2, 0) is 4.79 Å². The smallest absolute Gasteiger partial charge is 0.221 e. The number of nitrogens with one attached hydrogen (secondary N) is 2. The van der Waals surface area contributed by atoms with E-state index in [1.54, 1.807) is 24.0 Å². The van der Waals surface area contributed by atoms with Crippen LogP contribution in [0.15, 0.2) is 29.9 Å². The van der Waals surface area contributed by atoms with Gasteiger partial charge in [0.1, 0.15) is 5.75 Å². The van der Waals surface area contributed by atoms with E-state index in [1.165, 1.54) is 6.92 Å². The molecule has 6 heteroatoms. The molecule has 0 radical (unpaired) electrons. The molecule has 1 amide bonds. The molecule has 0 spiro atoms. The minimum atomic E-state index is -0.100. The number of aromatic nitrogens is 1. The van der Waals surface area contributed by atoms with Crippen LogP contribution in [0.3, 0.4) is 0 Å². The van der Waals surface area contributed by atoms with Gasteiger partial charge in [0.05, 0.1) is 24.3 Å². The lowest BCUT2D eigenvalue weighted by molar-refractivity contribution is -0.114. The van der Waals surface area contributed by atoms with Crippen molar-refractivity contribution in [2.24, 2.45) is 0 Å². The van der Waals surface area contributed by atoms with Crippen LogP contribution in [0.2, 0.25) is 0 Å². The summed E-state index contributed by atoms with van der Waals surface area (Å²) in [4.78, 5) is 16.3. The molecule has 0 fully saturated rings. The van der Waals surface area contributed by atoms with Crippen LogP contribution in [0, 0.1) is 0 Å². The van der Waals surface area contributed by atoms with E-state index in [4.69, 9.17) is 4.74 Å². The predicted octanol–water partition coefficient (Wildman–Crippen LogP) is 3.28. The Morgan fingerprint density at radius 3 is 2.85 bits per heavy atom. The number of benzene rings is 1. The summed E-state index contributed by atoms with van der Waals surface area (Å²) in [6.45, 7) is 3.54. The van der Waals surface area contributed by atoms with Crippen molar-refractivity contribution in [1.29, 1.82) is 0 Å². The average molecular weight is 291 g/mol. The normalized spacial score (nSPS) is 11.8. The molecule has 2 aromatic rings. The lowest BCUT2D eigenvalue weighted by Crippen LogP contribution is -2.09. The number of amides is 1. The van der Waals surface area contributed by atoms with Gasteiger partial charge in [-0.1, -0.05) is 0 Å². The molecular weight excluding hydrogens is 274 g/mol. The Balaban J connectivity index is 2.21. The molecule has 1 unspecified atom stereocenters. The van der Waals surface area contributed by atoms with Gasteiger partial charge >= 0.3 is 0 Å². The van der Waals surface area contributed by atoms with Crippen molar-refractivity contribution < 1.29 is 9.53 Å². The fraction of sp³-hybridized carbons (Fsp3) is 0.286. The molecule has 2 N–H and O–H groups in total. The standard InChI is InChI=1S/C14H17N3O2S/c1-9(14-7-15-8-20-14)16-12-6-11(17-10(2)18)4-5-13(12)19-3/h4-9,16H,1-3H3,(H,17,18). The van der Waals surface area contributed by atoms with E-state index >= 15 is 0 Å². The maximum Gasteiger partial charge on any atom is 0.221 e. The van der Waals surface area contributed by atoms with E-state index in [0.717, 1.165) is 22.0 Å². The first-order valence-corrected chi connectivity index (χ1v) is 7.08. The summed E-state index contributed by atoms with van der Waals surface area (Å²) in [5.41, 5.74) is 3.37. The molecule has 0 aliphatic carbocycles. The summed E-state index contributed by atoms with van der Waals surface area (Å²) in [6, 6.07) is 5.61. The van der Waals surface area contributed by atoms with Crippen LogP contribution < -0.4 is 15.4 Å². The predicted molar refractivity (Wildman–Crippen MR) is 81.4 cm³/mol. The Bertz CT molecular complexity index is 584. The van der Waals surface area contributed by atoms with E-state index < -0.39 is 0 Å². The third kappa shape index (κ3) is 3.48. The molecule has 20 heavy (non-hydrogen) atoms. The van der Waals surface area contributed by atoms with Crippen molar-refractivity contribution in [3.8, 4) is 5.75 Å². The summed E-state index contributed by atoms with van der Waals surface area (Å²) in [5, 5.41) is 6.13. The first-order valence-electron chi connectivity index (χ1n) is 6.20. The summed E-state index contributed by atoms with van der Waals surface area (Å²) in [5.74, 6) is 0.632. The quantitative estimate of drug-likeness (QED) is 0.887.